The van der Waals surface area contributed by atoms with Gasteiger partial charge in [-0.15, -0.1) is 0 Å². The van der Waals surface area contributed by atoms with Crippen LogP contribution < -0.4 is 0 Å². The fraction of sp³-hybridized carbons (Fsp3) is 0.632. The number of aryl methyl sites for hydroxylation is 1. The largest absolute Gasteiger partial charge is 0.345 e. The molecule has 1 unspecified atom stereocenters. The summed E-state index contributed by atoms with van der Waals surface area (Å²) in [6.07, 6.45) is 1.79. The number of amides is 1. The van der Waals surface area contributed by atoms with Gasteiger partial charge in [0.25, 0.3) is 0 Å². The van der Waals surface area contributed by atoms with E-state index in [2.05, 4.69) is 41.0 Å². The molecule has 4 nitrogen and oxygen atoms in total. The van der Waals surface area contributed by atoms with Crippen molar-refractivity contribution in [3.63, 3.8) is 0 Å². The van der Waals surface area contributed by atoms with Gasteiger partial charge in [-0.3, -0.25) is 9.69 Å². The number of carbonyl (C=O) groups is 1. The van der Waals surface area contributed by atoms with Gasteiger partial charge in [0.15, 0.2) is 0 Å². The molecule has 2 fully saturated rings. The van der Waals surface area contributed by atoms with E-state index in [1.165, 1.54) is 11.1 Å². The summed E-state index contributed by atoms with van der Waals surface area (Å²) in [7, 11) is 1.94. The molecule has 0 N–H and O–H groups in total. The lowest BCUT2D eigenvalue weighted by atomic mass is 9.97. The van der Waals surface area contributed by atoms with Crippen LogP contribution in [0.2, 0.25) is 0 Å². The Balaban J connectivity index is 1.43. The maximum Gasteiger partial charge on any atom is 0.222 e. The molecule has 1 atom stereocenters. The van der Waals surface area contributed by atoms with E-state index in [0.29, 0.717) is 11.8 Å². The first kappa shape index (κ1) is 16.5. The molecule has 1 aromatic rings. The third-order valence-electron chi connectivity index (χ3n) is 5.19. The molecule has 0 saturated carbocycles. The summed E-state index contributed by atoms with van der Waals surface area (Å²) in [5.41, 5.74) is 2.77. The standard InChI is InChI=1S/C19H29N3O/c1-16-4-3-5-17(12-16)14-21-8-10-22(11-9-21)15-18-6-7-19(23)20(2)13-18/h3-5,12,18H,6-11,13-15H2,1-2H3. The Labute approximate surface area is 140 Å². The first-order valence-corrected chi connectivity index (χ1v) is 8.84. The molecule has 2 heterocycles. The first-order valence-electron chi connectivity index (χ1n) is 8.84. The van der Waals surface area contributed by atoms with Crippen molar-refractivity contribution in [2.24, 2.45) is 5.92 Å². The molecule has 2 saturated heterocycles. The van der Waals surface area contributed by atoms with Gasteiger partial charge in [0.1, 0.15) is 0 Å². The van der Waals surface area contributed by atoms with Crippen molar-refractivity contribution in [3.8, 4) is 0 Å². The van der Waals surface area contributed by atoms with Crippen molar-refractivity contribution in [2.75, 3.05) is 46.3 Å². The van der Waals surface area contributed by atoms with Gasteiger partial charge >= 0.3 is 0 Å². The van der Waals surface area contributed by atoms with E-state index in [-0.39, 0.29) is 0 Å². The summed E-state index contributed by atoms with van der Waals surface area (Å²) in [4.78, 5) is 18.6. The Kier molecular flexibility index (Phi) is 5.34. The highest BCUT2D eigenvalue weighted by molar-refractivity contribution is 5.76. The monoisotopic (exact) mass is 315 g/mol. The summed E-state index contributed by atoms with van der Waals surface area (Å²) in [6, 6.07) is 8.84. The number of hydrogen-bond donors (Lipinski definition) is 0. The maximum atomic E-state index is 11.6. The lowest BCUT2D eigenvalue weighted by Gasteiger charge is -2.38. The maximum absolute atomic E-state index is 11.6. The number of likely N-dealkylation sites (tertiary alicyclic amines) is 1. The molecule has 2 aliphatic rings. The zero-order valence-corrected chi connectivity index (χ0v) is 14.5. The van der Waals surface area contributed by atoms with Crippen molar-refractivity contribution < 1.29 is 4.79 Å². The zero-order valence-electron chi connectivity index (χ0n) is 14.5. The number of benzene rings is 1. The van der Waals surface area contributed by atoms with E-state index in [4.69, 9.17) is 0 Å². The minimum atomic E-state index is 0.309. The predicted molar refractivity (Wildman–Crippen MR) is 93.3 cm³/mol. The second kappa shape index (κ2) is 7.45. The summed E-state index contributed by atoms with van der Waals surface area (Å²) >= 11 is 0. The van der Waals surface area contributed by atoms with Crippen LogP contribution in [0.5, 0.6) is 0 Å². The van der Waals surface area contributed by atoms with Gasteiger partial charge in [-0.1, -0.05) is 29.8 Å². The zero-order chi connectivity index (χ0) is 16.2. The molecule has 1 amide bonds. The second-order valence-electron chi connectivity index (χ2n) is 7.24. The Bertz CT molecular complexity index is 537. The summed E-state index contributed by atoms with van der Waals surface area (Å²) in [5.74, 6) is 0.963. The van der Waals surface area contributed by atoms with E-state index in [0.717, 1.165) is 58.7 Å². The van der Waals surface area contributed by atoms with Crippen molar-refractivity contribution >= 4 is 5.91 Å². The minimum Gasteiger partial charge on any atom is -0.345 e. The van der Waals surface area contributed by atoms with Gasteiger partial charge in [-0.05, 0) is 24.8 Å². The van der Waals surface area contributed by atoms with Crippen LogP contribution in [0.3, 0.4) is 0 Å². The van der Waals surface area contributed by atoms with Crippen LogP contribution in [0.1, 0.15) is 24.0 Å². The van der Waals surface area contributed by atoms with Gasteiger partial charge in [-0.2, -0.15) is 0 Å². The van der Waals surface area contributed by atoms with Crippen LogP contribution in [0.4, 0.5) is 0 Å². The van der Waals surface area contributed by atoms with Crippen molar-refractivity contribution in [3.05, 3.63) is 35.4 Å². The molecular weight excluding hydrogens is 286 g/mol. The van der Waals surface area contributed by atoms with Gasteiger partial charge < -0.3 is 9.80 Å². The van der Waals surface area contributed by atoms with Gasteiger partial charge in [0.2, 0.25) is 5.91 Å². The molecule has 126 valence electrons. The second-order valence-corrected chi connectivity index (χ2v) is 7.24. The van der Waals surface area contributed by atoms with E-state index in [9.17, 15) is 4.79 Å². The number of nitrogens with zero attached hydrogens (tertiary/aromatic N) is 3. The molecule has 23 heavy (non-hydrogen) atoms. The Morgan fingerprint density at radius 1 is 1.13 bits per heavy atom. The third kappa shape index (κ3) is 4.55. The van der Waals surface area contributed by atoms with E-state index in [1.807, 2.05) is 11.9 Å². The number of piperidine rings is 1. The van der Waals surface area contributed by atoms with Crippen molar-refractivity contribution in [2.45, 2.75) is 26.3 Å². The quantitative estimate of drug-likeness (QED) is 0.850. The van der Waals surface area contributed by atoms with Crippen LogP contribution in [-0.2, 0) is 11.3 Å². The summed E-state index contributed by atoms with van der Waals surface area (Å²) in [6.45, 7) is 9.91. The van der Waals surface area contributed by atoms with Crippen LogP contribution in [0.25, 0.3) is 0 Å². The van der Waals surface area contributed by atoms with Crippen LogP contribution in [-0.4, -0.2) is 66.9 Å². The normalized spacial score (nSPS) is 24.2. The van der Waals surface area contributed by atoms with Gasteiger partial charge in [0.05, 0.1) is 0 Å². The average Bonchev–Trinajstić information content (AvgIpc) is 2.53. The number of carbonyl (C=O) groups excluding carboxylic acids is 1. The number of piperazine rings is 1. The molecule has 0 bridgehead atoms. The van der Waals surface area contributed by atoms with Crippen LogP contribution in [0, 0.1) is 12.8 Å². The molecule has 3 rings (SSSR count). The van der Waals surface area contributed by atoms with Crippen LogP contribution >= 0.6 is 0 Å². The topological polar surface area (TPSA) is 26.8 Å². The van der Waals surface area contributed by atoms with Gasteiger partial charge in [0, 0.05) is 59.3 Å². The van der Waals surface area contributed by atoms with Crippen LogP contribution in [0.15, 0.2) is 24.3 Å². The Morgan fingerprint density at radius 2 is 1.87 bits per heavy atom. The summed E-state index contributed by atoms with van der Waals surface area (Å²) in [5, 5.41) is 0. The third-order valence-corrected chi connectivity index (χ3v) is 5.19. The molecule has 4 heteroatoms. The molecule has 0 radical (unpaired) electrons. The lowest BCUT2D eigenvalue weighted by molar-refractivity contribution is -0.133. The molecule has 0 spiro atoms. The van der Waals surface area contributed by atoms with Gasteiger partial charge in [-0.25, -0.2) is 0 Å². The Morgan fingerprint density at radius 3 is 2.57 bits per heavy atom. The molecule has 2 aliphatic heterocycles. The number of hydrogen-bond acceptors (Lipinski definition) is 3. The van der Waals surface area contributed by atoms with E-state index in [1.54, 1.807) is 0 Å². The van der Waals surface area contributed by atoms with Crippen molar-refractivity contribution in [1.29, 1.82) is 0 Å². The highest BCUT2D eigenvalue weighted by Crippen LogP contribution is 2.18. The lowest BCUT2D eigenvalue weighted by Crippen LogP contribution is -2.49. The Hall–Kier alpha value is -1.39. The molecule has 1 aromatic carbocycles. The smallest absolute Gasteiger partial charge is 0.222 e. The molecule has 0 aromatic heterocycles. The molecule has 0 aliphatic carbocycles. The minimum absolute atomic E-state index is 0.309. The van der Waals surface area contributed by atoms with E-state index >= 15 is 0 Å². The SMILES string of the molecule is Cc1cccc(CN2CCN(CC3CCC(=O)N(C)C3)CC2)c1. The van der Waals surface area contributed by atoms with Crippen molar-refractivity contribution in [1.82, 2.24) is 14.7 Å². The summed E-state index contributed by atoms with van der Waals surface area (Å²) < 4.78 is 0. The highest BCUT2D eigenvalue weighted by Gasteiger charge is 2.26. The van der Waals surface area contributed by atoms with E-state index < -0.39 is 0 Å². The fourth-order valence-corrected chi connectivity index (χ4v) is 3.81. The predicted octanol–water partition coefficient (Wildman–Crippen LogP) is 1.98. The fourth-order valence-electron chi connectivity index (χ4n) is 3.81. The molecular formula is C19H29N3O. The average molecular weight is 315 g/mol. The number of rotatable bonds is 4. The highest BCUT2D eigenvalue weighted by atomic mass is 16.2. The first-order chi connectivity index (χ1) is 11.1.